The van der Waals surface area contributed by atoms with Crippen LogP contribution in [0.4, 0.5) is 4.79 Å². The van der Waals surface area contributed by atoms with Crippen molar-refractivity contribution in [2.75, 3.05) is 0 Å². The summed E-state index contributed by atoms with van der Waals surface area (Å²) in [5, 5.41) is 2.34. The molecule has 98 valence electrons. The minimum absolute atomic E-state index is 0.400. The molecule has 0 bridgehead atoms. The number of hydrogen-bond donors (Lipinski definition) is 3. The topological polar surface area (TPSA) is 96.5 Å². The molecular weight excluding hydrogens is 226 g/mol. The van der Waals surface area contributed by atoms with E-state index in [0.717, 1.165) is 0 Å². The Balaban J connectivity index is 4.08. The van der Waals surface area contributed by atoms with Gasteiger partial charge in [0.1, 0.15) is 11.6 Å². The lowest BCUT2D eigenvalue weighted by Crippen LogP contribution is -2.51. The standard InChI is InChI=1S/C10H19N3O4/c1-6(8(15)13-12-7(2)14)11-9(16)17-10(3,4)5/h6H,1-5H3,(H,11,16)(H,12,14)(H,13,15)/t6-/m1/s1. The summed E-state index contributed by atoms with van der Waals surface area (Å²) in [5.74, 6) is -0.936. The number of hydrogen-bond acceptors (Lipinski definition) is 4. The molecule has 0 heterocycles. The van der Waals surface area contributed by atoms with Gasteiger partial charge in [0.25, 0.3) is 5.91 Å². The second-order valence-corrected chi connectivity index (χ2v) is 4.54. The number of amides is 3. The van der Waals surface area contributed by atoms with Crippen molar-refractivity contribution in [2.24, 2.45) is 0 Å². The van der Waals surface area contributed by atoms with E-state index in [1.807, 2.05) is 0 Å². The molecule has 0 aromatic carbocycles. The monoisotopic (exact) mass is 245 g/mol. The van der Waals surface area contributed by atoms with Crippen LogP contribution >= 0.6 is 0 Å². The first-order chi connectivity index (χ1) is 7.61. The highest BCUT2D eigenvalue weighted by Gasteiger charge is 2.20. The SMILES string of the molecule is CC(=O)NNC(=O)[C@@H](C)NC(=O)OC(C)(C)C. The fourth-order valence-electron chi connectivity index (χ4n) is 0.808. The number of nitrogens with one attached hydrogen (secondary N) is 3. The summed E-state index contributed by atoms with van der Waals surface area (Å²) in [6.07, 6.45) is -0.692. The van der Waals surface area contributed by atoms with Gasteiger partial charge in [-0.05, 0) is 27.7 Å². The summed E-state index contributed by atoms with van der Waals surface area (Å²) in [7, 11) is 0. The smallest absolute Gasteiger partial charge is 0.408 e. The molecule has 0 aromatic heterocycles. The Bertz CT molecular complexity index is 309. The zero-order valence-electron chi connectivity index (χ0n) is 10.7. The Morgan fingerprint density at radius 2 is 1.65 bits per heavy atom. The van der Waals surface area contributed by atoms with Gasteiger partial charge in [0, 0.05) is 6.92 Å². The summed E-state index contributed by atoms with van der Waals surface area (Å²) in [5.41, 5.74) is 3.63. The molecule has 0 saturated carbocycles. The molecule has 0 radical (unpaired) electrons. The summed E-state index contributed by atoms with van der Waals surface area (Å²) >= 11 is 0. The van der Waals surface area contributed by atoms with Crippen LogP contribution in [0, 0.1) is 0 Å². The first-order valence-corrected chi connectivity index (χ1v) is 5.18. The molecular formula is C10H19N3O4. The van der Waals surface area contributed by atoms with Gasteiger partial charge in [-0.15, -0.1) is 0 Å². The minimum Gasteiger partial charge on any atom is -0.444 e. The Labute approximate surface area is 100 Å². The van der Waals surface area contributed by atoms with E-state index in [2.05, 4.69) is 16.2 Å². The lowest BCUT2D eigenvalue weighted by Gasteiger charge is -2.21. The zero-order valence-corrected chi connectivity index (χ0v) is 10.7. The van der Waals surface area contributed by atoms with E-state index in [1.165, 1.54) is 13.8 Å². The van der Waals surface area contributed by atoms with Gasteiger partial charge in [-0.3, -0.25) is 20.4 Å². The highest BCUT2D eigenvalue weighted by Crippen LogP contribution is 2.06. The molecule has 0 aliphatic carbocycles. The zero-order chi connectivity index (χ0) is 13.6. The van der Waals surface area contributed by atoms with Gasteiger partial charge >= 0.3 is 6.09 Å². The number of alkyl carbamates (subject to hydrolysis) is 1. The van der Waals surface area contributed by atoms with Gasteiger partial charge < -0.3 is 10.1 Å². The summed E-state index contributed by atoms with van der Waals surface area (Å²) < 4.78 is 4.97. The first-order valence-electron chi connectivity index (χ1n) is 5.18. The molecule has 0 spiro atoms. The molecule has 7 heteroatoms. The van der Waals surface area contributed by atoms with Crippen LogP contribution in [0.5, 0.6) is 0 Å². The lowest BCUT2D eigenvalue weighted by molar-refractivity contribution is -0.128. The Morgan fingerprint density at radius 1 is 1.12 bits per heavy atom. The molecule has 0 rings (SSSR count). The van der Waals surface area contributed by atoms with Crippen molar-refractivity contribution in [1.82, 2.24) is 16.2 Å². The molecule has 0 fully saturated rings. The normalized spacial score (nSPS) is 12.3. The van der Waals surface area contributed by atoms with Crippen molar-refractivity contribution in [3.05, 3.63) is 0 Å². The van der Waals surface area contributed by atoms with E-state index in [1.54, 1.807) is 20.8 Å². The second kappa shape index (κ2) is 6.07. The number of carbonyl (C=O) groups is 3. The predicted octanol–water partition coefficient (Wildman–Crippen LogP) is 0.0669. The average Bonchev–Trinajstić information content (AvgIpc) is 2.10. The third kappa shape index (κ3) is 8.06. The fourth-order valence-corrected chi connectivity index (χ4v) is 0.808. The highest BCUT2D eigenvalue weighted by atomic mass is 16.6. The van der Waals surface area contributed by atoms with Crippen molar-refractivity contribution in [3.63, 3.8) is 0 Å². The van der Waals surface area contributed by atoms with E-state index >= 15 is 0 Å². The van der Waals surface area contributed by atoms with Crippen LogP contribution < -0.4 is 16.2 Å². The van der Waals surface area contributed by atoms with E-state index < -0.39 is 29.6 Å². The maximum Gasteiger partial charge on any atom is 0.408 e. The predicted molar refractivity (Wildman–Crippen MR) is 60.8 cm³/mol. The van der Waals surface area contributed by atoms with Crippen molar-refractivity contribution in [2.45, 2.75) is 46.3 Å². The molecule has 0 aliphatic heterocycles. The number of rotatable bonds is 2. The van der Waals surface area contributed by atoms with Crippen LogP contribution in [0.1, 0.15) is 34.6 Å². The van der Waals surface area contributed by atoms with Crippen molar-refractivity contribution in [3.8, 4) is 0 Å². The van der Waals surface area contributed by atoms with Crippen LogP contribution in [0.2, 0.25) is 0 Å². The first kappa shape index (κ1) is 15.2. The second-order valence-electron chi connectivity index (χ2n) is 4.54. The van der Waals surface area contributed by atoms with Crippen LogP contribution in [0.25, 0.3) is 0 Å². The summed E-state index contributed by atoms with van der Waals surface area (Å²) in [6.45, 7) is 7.88. The molecule has 3 N–H and O–H groups in total. The van der Waals surface area contributed by atoms with Crippen LogP contribution in [-0.4, -0.2) is 29.6 Å². The molecule has 1 atom stereocenters. The van der Waals surface area contributed by atoms with Gasteiger partial charge in [0.15, 0.2) is 0 Å². The van der Waals surface area contributed by atoms with Gasteiger partial charge in [-0.2, -0.15) is 0 Å². The minimum atomic E-state index is -0.809. The molecule has 7 nitrogen and oxygen atoms in total. The van der Waals surface area contributed by atoms with Crippen LogP contribution in [0.3, 0.4) is 0 Å². The molecule has 3 amide bonds. The van der Waals surface area contributed by atoms with E-state index in [9.17, 15) is 14.4 Å². The molecule has 17 heavy (non-hydrogen) atoms. The van der Waals surface area contributed by atoms with Gasteiger partial charge in [-0.25, -0.2) is 4.79 Å². The van der Waals surface area contributed by atoms with Gasteiger partial charge in [0.05, 0.1) is 0 Å². The Hall–Kier alpha value is -1.79. The lowest BCUT2D eigenvalue weighted by atomic mass is 10.2. The summed E-state index contributed by atoms with van der Waals surface area (Å²) in [6, 6.07) is -0.809. The maximum atomic E-state index is 11.4. The van der Waals surface area contributed by atoms with Crippen molar-refractivity contribution in [1.29, 1.82) is 0 Å². The maximum absolute atomic E-state index is 11.4. The van der Waals surface area contributed by atoms with Gasteiger partial charge in [-0.1, -0.05) is 0 Å². The van der Waals surface area contributed by atoms with Crippen molar-refractivity contribution >= 4 is 17.9 Å². The van der Waals surface area contributed by atoms with E-state index in [-0.39, 0.29) is 0 Å². The molecule has 0 aromatic rings. The number of ether oxygens (including phenoxy) is 1. The van der Waals surface area contributed by atoms with Gasteiger partial charge in [0.2, 0.25) is 5.91 Å². The quantitative estimate of drug-likeness (QED) is 0.600. The van der Waals surface area contributed by atoms with E-state index in [4.69, 9.17) is 4.74 Å². The largest absolute Gasteiger partial charge is 0.444 e. The molecule has 0 aliphatic rings. The fraction of sp³-hybridized carbons (Fsp3) is 0.700. The molecule has 0 saturated heterocycles. The third-order valence-corrected chi connectivity index (χ3v) is 1.49. The highest BCUT2D eigenvalue weighted by molar-refractivity contribution is 5.87. The number of hydrazine groups is 1. The Kier molecular flexibility index (Phi) is 5.43. The van der Waals surface area contributed by atoms with Crippen LogP contribution in [-0.2, 0) is 14.3 Å². The van der Waals surface area contributed by atoms with E-state index in [0.29, 0.717) is 0 Å². The Morgan fingerprint density at radius 3 is 2.06 bits per heavy atom. The number of carbonyl (C=O) groups excluding carboxylic acids is 3. The molecule has 0 unspecified atom stereocenters. The average molecular weight is 245 g/mol. The third-order valence-electron chi connectivity index (χ3n) is 1.49. The van der Waals surface area contributed by atoms with Crippen LogP contribution in [0.15, 0.2) is 0 Å². The summed E-state index contributed by atoms with van der Waals surface area (Å²) in [4.78, 5) is 33.2. The van der Waals surface area contributed by atoms with Crippen molar-refractivity contribution < 1.29 is 19.1 Å².